The molecule has 0 spiro atoms. The van der Waals surface area contributed by atoms with Crippen LogP contribution < -0.4 is 5.32 Å². The van der Waals surface area contributed by atoms with Gasteiger partial charge >= 0.3 is 25.7 Å². The zero-order valence-corrected chi connectivity index (χ0v) is 7.82. The summed E-state index contributed by atoms with van der Waals surface area (Å²) in [6.45, 7) is 0.888. The van der Waals surface area contributed by atoms with Crippen LogP contribution in [-0.4, -0.2) is 12.5 Å². The fourth-order valence-electron chi connectivity index (χ4n) is 0.904. The fourth-order valence-corrected chi connectivity index (χ4v) is 0.904. The van der Waals surface area contributed by atoms with Crippen LogP contribution in [0, 0.1) is 0 Å². The average molecular weight is 193 g/mol. The van der Waals surface area contributed by atoms with Gasteiger partial charge in [0.1, 0.15) is 0 Å². The maximum atomic E-state index is 10.6. The Bertz CT molecular complexity index is 144. The van der Waals surface area contributed by atoms with Gasteiger partial charge in [0.15, 0.2) is 0 Å². The Balaban J connectivity index is 0.000000292. The van der Waals surface area contributed by atoms with Crippen LogP contribution >= 0.6 is 0 Å². The van der Waals surface area contributed by atoms with Gasteiger partial charge in [0.25, 0.3) is 0 Å². The van der Waals surface area contributed by atoms with Crippen molar-refractivity contribution in [3.63, 3.8) is 0 Å². The Labute approximate surface area is 74.3 Å². The summed E-state index contributed by atoms with van der Waals surface area (Å²) >= 11 is -2.00. The Hall–Kier alpha value is -0.216. The van der Waals surface area contributed by atoms with E-state index in [9.17, 15) is 4.79 Å². The monoisotopic (exact) mass is 193 g/mol. The summed E-state index contributed by atoms with van der Waals surface area (Å²) in [6, 6.07) is 0. The number of nitrogens with one attached hydrogen (secondary N) is 1. The van der Waals surface area contributed by atoms with Crippen LogP contribution in [0.5, 0.6) is 0 Å². The third-order valence-corrected chi connectivity index (χ3v) is 1.40. The molecule has 0 bridgehead atoms. The number of carbonyl (C=O) groups excluding carboxylic acids is 1. The van der Waals surface area contributed by atoms with Crippen molar-refractivity contribution >= 4 is 5.91 Å². The average Bonchev–Trinajstić information content (AvgIpc) is 2.18. The van der Waals surface area contributed by atoms with E-state index in [0.29, 0.717) is 0 Å². The van der Waals surface area contributed by atoms with Crippen molar-refractivity contribution in [2.45, 2.75) is 25.7 Å². The predicted molar refractivity (Wildman–Crippen MR) is 32.9 cm³/mol. The standard InChI is InChI=1S/C6H11NO.2O.Ti/c8-6-4-2-1-3-5-7-6;;;/h1-5H2,(H,7,8);;;. The Kier molecular flexibility index (Phi) is 7.73. The second-order valence-corrected chi connectivity index (χ2v) is 2.50. The molecule has 0 unspecified atom stereocenters. The van der Waals surface area contributed by atoms with E-state index in [2.05, 4.69) is 5.32 Å². The van der Waals surface area contributed by atoms with Crippen LogP contribution in [0.15, 0.2) is 0 Å². The van der Waals surface area contributed by atoms with Gasteiger partial charge in [-0.2, -0.15) is 0 Å². The minimum absolute atomic E-state index is 0.225. The molecule has 1 heterocycles. The van der Waals surface area contributed by atoms with E-state index in [-0.39, 0.29) is 5.91 Å². The molecule has 4 nitrogen and oxygen atoms in total. The van der Waals surface area contributed by atoms with Gasteiger partial charge in [-0.15, -0.1) is 0 Å². The quantitative estimate of drug-likeness (QED) is 0.567. The van der Waals surface area contributed by atoms with E-state index in [1.807, 2.05) is 0 Å². The van der Waals surface area contributed by atoms with Gasteiger partial charge < -0.3 is 5.32 Å². The van der Waals surface area contributed by atoms with E-state index >= 15 is 0 Å². The van der Waals surface area contributed by atoms with Crippen LogP contribution in [0.1, 0.15) is 25.7 Å². The van der Waals surface area contributed by atoms with E-state index < -0.39 is 19.1 Å². The molecule has 1 aliphatic rings. The van der Waals surface area contributed by atoms with Crippen molar-refractivity contribution in [1.29, 1.82) is 0 Å². The second-order valence-electron chi connectivity index (χ2n) is 2.24. The molecule has 0 saturated carbocycles. The second kappa shape index (κ2) is 7.89. The summed E-state index contributed by atoms with van der Waals surface area (Å²) in [5.74, 6) is 0.225. The predicted octanol–water partition coefficient (Wildman–Crippen LogP) is 0.437. The van der Waals surface area contributed by atoms with Crippen LogP contribution in [0.4, 0.5) is 0 Å². The van der Waals surface area contributed by atoms with Gasteiger partial charge in [0.05, 0.1) is 0 Å². The molecule has 0 aromatic rings. The molecule has 62 valence electrons. The fraction of sp³-hybridized carbons (Fsp3) is 0.833. The van der Waals surface area contributed by atoms with E-state index in [1.54, 1.807) is 0 Å². The Morgan fingerprint density at radius 2 is 1.82 bits per heavy atom. The molecule has 0 radical (unpaired) electrons. The Morgan fingerprint density at radius 1 is 1.18 bits per heavy atom. The van der Waals surface area contributed by atoms with Gasteiger partial charge in [0.2, 0.25) is 5.91 Å². The molecule has 11 heavy (non-hydrogen) atoms. The SMILES string of the molecule is O=C1CCCCCN1.[O]=[Ti]=[O]. The van der Waals surface area contributed by atoms with Crippen molar-refractivity contribution in [3.8, 4) is 0 Å². The summed E-state index contributed by atoms with van der Waals surface area (Å²) in [6.07, 6.45) is 4.18. The first-order chi connectivity index (χ1) is 5.31. The number of hydrogen-bond donors (Lipinski definition) is 1. The first kappa shape index (κ1) is 10.8. The number of amides is 1. The van der Waals surface area contributed by atoms with Gasteiger partial charge in [0, 0.05) is 13.0 Å². The Morgan fingerprint density at radius 3 is 2.45 bits per heavy atom. The molecular formula is C6H11NO3Ti. The minimum atomic E-state index is -2.00. The third kappa shape index (κ3) is 7.68. The van der Waals surface area contributed by atoms with Gasteiger partial charge in [-0.3, -0.25) is 4.79 Å². The zero-order valence-electron chi connectivity index (χ0n) is 6.26. The molecule has 0 aliphatic carbocycles. The summed E-state index contributed by atoms with van der Waals surface area (Å²) in [4.78, 5) is 10.6. The van der Waals surface area contributed by atoms with Crippen LogP contribution in [-0.2, 0) is 30.5 Å². The van der Waals surface area contributed by atoms with Crippen molar-refractivity contribution in [1.82, 2.24) is 5.32 Å². The number of carbonyl (C=O) groups is 1. The van der Waals surface area contributed by atoms with Crippen molar-refractivity contribution in [2.24, 2.45) is 0 Å². The van der Waals surface area contributed by atoms with Crippen LogP contribution in [0.25, 0.3) is 0 Å². The number of rotatable bonds is 0. The summed E-state index contributed by atoms with van der Waals surface area (Å²) in [7, 11) is 0. The molecule has 1 amide bonds. The van der Waals surface area contributed by atoms with Crippen molar-refractivity contribution < 1.29 is 30.5 Å². The molecule has 1 aliphatic heterocycles. The molecule has 1 fully saturated rings. The molecule has 5 heteroatoms. The van der Waals surface area contributed by atoms with Crippen LogP contribution in [0.3, 0.4) is 0 Å². The zero-order chi connectivity index (χ0) is 8.53. The van der Waals surface area contributed by atoms with Crippen molar-refractivity contribution in [2.75, 3.05) is 6.54 Å². The molecule has 0 atom stereocenters. The van der Waals surface area contributed by atoms with Crippen LogP contribution in [0.2, 0.25) is 0 Å². The van der Waals surface area contributed by atoms with E-state index in [0.717, 1.165) is 25.8 Å². The van der Waals surface area contributed by atoms with E-state index in [4.69, 9.17) is 6.65 Å². The normalized spacial score (nSPS) is 16.5. The summed E-state index contributed by atoms with van der Waals surface area (Å²) in [5.41, 5.74) is 0. The molecular weight excluding hydrogens is 182 g/mol. The third-order valence-electron chi connectivity index (χ3n) is 1.40. The molecule has 1 N–H and O–H groups in total. The molecule has 1 saturated heterocycles. The molecule has 0 aromatic heterocycles. The molecule has 0 aromatic carbocycles. The van der Waals surface area contributed by atoms with Gasteiger partial charge in [-0.1, -0.05) is 6.42 Å². The molecule has 1 rings (SSSR count). The summed E-state index contributed by atoms with van der Waals surface area (Å²) in [5, 5.41) is 2.81. The topological polar surface area (TPSA) is 63.2 Å². The first-order valence-electron chi connectivity index (χ1n) is 3.57. The summed E-state index contributed by atoms with van der Waals surface area (Å²) < 4.78 is 17.0. The van der Waals surface area contributed by atoms with Crippen molar-refractivity contribution in [3.05, 3.63) is 0 Å². The maximum absolute atomic E-state index is 10.6. The first-order valence-corrected chi connectivity index (χ1v) is 4.84. The van der Waals surface area contributed by atoms with E-state index in [1.165, 1.54) is 6.42 Å². The van der Waals surface area contributed by atoms with Gasteiger partial charge in [-0.25, -0.2) is 0 Å². The number of hydrogen-bond acceptors (Lipinski definition) is 3. The van der Waals surface area contributed by atoms with Gasteiger partial charge in [-0.05, 0) is 12.8 Å².